The van der Waals surface area contributed by atoms with Gasteiger partial charge >= 0.3 is 18.7 Å². The summed E-state index contributed by atoms with van der Waals surface area (Å²) in [6.45, 7) is 1.90. The molecule has 3 rings (SSSR count). The first-order valence-corrected chi connectivity index (χ1v) is 9.66. The van der Waals surface area contributed by atoms with E-state index in [4.69, 9.17) is 4.74 Å². The van der Waals surface area contributed by atoms with Crippen LogP contribution in [0.2, 0.25) is 0 Å². The van der Waals surface area contributed by atoms with Crippen molar-refractivity contribution in [1.82, 2.24) is 15.0 Å². The summed E-state index contributed by atoms with van der Waals surface area (Å²) in [7, 11) is 0. The summed E-state index contributed by atoms with van der Waals surface area (Å²) >= 11 is 0. The van der Waals surface area contributed by atoms with Gasteiger partial charge in [-0.3, -0.25) is 0 Å². The molecule has 15 heteroatoms. The first-order valence-electron chi connectivity index (χ1n) is 9.66. The molecule has 2 aromatic carbocycles. The van der Waals surface area contributed by atoms with Crippen LogP contribution in [-0.2, 0) is 0 Å². The molecule has 0 fully saturated rings. The summed E-state index contributed by atoms with van der Waals surface area (Å²) in [5.41, 5.74) is 3.14. The van der Waals surface area contributed by atoms with Gasteiger partial charge in [0, 0.05) is 11.8 Å². The fourth-order valence-electron chi connectivity index (χ4n) is 2.48. The Labute approximate surface area is 193 Å². The van der Waals surface area contributed by atoms with Crippen LogP contribution >= 0.6 is 0 Å². The summed E-state index contributed by atoms with van der Waals surface area (Å²) in [5, 5.41) is 6.62. The largest absolute Gasteiger partial charge is 0.573 e. The highest BCUT2D eigenvalue weighted by Crippen LogP contribution is 2.26. The SMILES string of the molecule is CCOc1nc(N/N=C/c2ccc(OC(F)(F)F)cc2)nc(Nc2cccc(OC(F)(F)F)c2)n1. The van der Waals surface area contributed by atoms with Crippen LogP contribution in [0.3, 0.4) is 0 Å². The first kappa shape index (κ1) is 25.3. The molecular weight excluding hydrogens is 486 g/mol. The molecule has 0 bridgehead atoms. The molecule has 0 unspecified atom stereocenters. The van der Waals surface area contributed by atoms with Crippen molar-refractivity contribution in [2.75, 3.05) is 17.3 Å². The predicted molar refractivity (Wildman–Crippen MR) is 112 cm³/mol. The van der Waals surface area contributed by atoms with E-state index in [1.165, 1.54) is 30.5 Å². The van der Waals surface area contributed by atoms with Gasteiger partial charge in [0.1, 0.15) is 11.5 Å². The number of hydrazone groups is 1. The fourth-order valence-corrected chi connectivity index (χ4v) is 2.48. The van der Waals surface area contributed by atoms with E-state index in [0.717, 1.165) is 24.3 Å². The van der Waals surface area contributed by atoms with Gasteiger partial charge < -0.3 is 19.5 Å². The normalized spacial score (nSPS) is 11.9. The molecular formula is C20H16F6N6O3. The average Bonchev–Trinajstić information content (AvgIpc) is 2.73. The Kier molecular flexibility index (Phi) is 7.78. The molecule has 0 aliphatic rings. The van der Waals surface area contributed by atoms with E-state index in [1.807, 2.05) is 0 Å². The topological polar surface area (TPSA) is 103 Å². The van der Waals surface area contributed by atoms with Crippen molar-refractivity contribution in [3.8, 4) is 17.5 Å². The van der Waals surface area contributed by atoms with Crippen molar-refractivity contribution in [3.63, 3.8) is 0 Å². The van der Waals surface area contributed by atoms with Crippen molar-refractivity contribution in [2.24, 2.45) is 5.10 Å². The summed E-state index contributed by atoms with van der Waals surface area (Å²) in [4.78, 5) is 12.1. The van der Waals surface area contributed by atoms with Crippen molar-refractivity contribution >= 4 is 23.8 Å². The first-order chi connectivity index (χ1) is 16.5. The number of anilines is 3. The number of hydrogen-bond donors (Lipinski definition) is 2. The Morgan fingerprint density at radius 1 is 0.857 bits per heavy atom. The Bertz CT molecular complexity index is 1160. The molecule has 3 aromatic rings. The van der Waals surface area contributed by atoms with Gasteiger partial charge in [0.05, 0.1) is 12.8 Å². The van der Waals surface area contributed by atoms with Gasteiger partial charge in [-0.2, -0.15) is 20.1 Å². The van der Waals surface area contributed by atoms with Crippen LogP contribution in [0.4, 0.5) is 43.9 Å². The van der Waals surface area contributed by atoms with E-state index in [9.17, 15) is 26.3 Å². The smallest absolute Gasteiger partial charge is 0.464 e. The number of alkyl halides is 6. The lowest BCUT2D eigenvalue weighted by atomic mass is 10.2. The van der Waals surface area contributed by atoms with Gasteiger partial charge in [-0.25, -0.2) is 5.43 Å². The third-order valence-electron chi connectivity index (χ3n) is 3.70. The number of halogens is 6. The number of ether oxygens (including phenoxy) is 3. The number of rotatable bonds is 9. The van der Waals surface area contributed by atoms with Crippen LogP contribution in [0.15, 0.2) is 53.6 Å². The van der Waals surface area contributed by atoms with Crippen molar-refractivity contribution < 1.29 is 40.6 Å². The third kappa shape index (κ3) is 8.87. The molecule has 0 aliphatic carbocycles. The minimum atomic E-state index is -4.85. The van der Waals surface area contributed by atoms with Crippen LogP contribution in [0, 0.1) is 0 Å². The fraction of sp³-hybridized carbons (Fsp3) is 0.200. The molecule has 186 valence electrons. The quantitative estimate of drug-likeness (QED) is 0.232. The maximum atomic E-state index is 12.5. The highest BCUT2D eigenvalue weighted by atomic mass is 19.4. The zero-order valence-electron chi connectivity index (χ0n) is 17.7. The minimum Gasteiger partial charge on any atom is -0.464 e. The number of nitrogens with one attached hydrogen (secondary N) is 2. The molecule has 0 saturated carbocycles. The van der Waals surface area contributed by atoms with E-state index in [0.29, 0.717) is 5.56 Å². The molecule has 9 nitrogen and oxygen atoms in total. The lowest BCUT2D eigenvalue weighted by Gasteiger charge is -2.11. The van der Waals surface area contributed by atoms with Crippen LogP contribution < -0.4 is 25.0 Å². The molecule has 0 radical (unpaired) electrons. The standard InChI is InChI=1S/C20H16F6N6O3/c1-2-33-18-30-16(28-13-4-3-5-15(10-13)35-20(24,25)26)29-17(31-18)32-27-11-12-6-8-14(9-7-12)34-19(21,22)23/h3-11H,2H2,1H3,(H2,28,29,30,31,32)/b27-11+. The monoisotopic (exact) mass is 502 g/mol. The molecule has 0 spiro atoms. The summed E-state index contributed by atoms with van der Waals surface area (Å²) < 4.78 is 87.0. The number of nitrogens with zero attached hydrogens (tertiary/aromatic N) is 4. The minimum absolute atomic E-state index is 0.0704. The highest BCUT2D eigenvalue weighted by molar-refractivity contribution is 5.80. The molecule has 1 heterocycles. The Hall–Kier alpha value is -4.30. The lowest BCUT2D eigenvalue weighted by molar-refractivity contribution is -0.275. The van der Waals surface area contributed by atoms with Crippen LogP contribution in [0.5, 0.6) is 17.5 Å². The van der Waals surface area contributed by atoms with Crippen molar-refractivity contribution in [2.45, 2.75) is 19.6 Å². The third-order valence-corrected chi connectivity index (χ3v) is 3.70. The molecule has 35 heavy (non-hydrogen) atoms. The van der Waals surface area contributed by atoms with Gasteiger partial charge in [-0.15, -0.1) is 26.3 Å². The van der Waals surface area contributed by atoms with Crippen LogP contribution in [-0.4, -0.2) is 40.5 Å². The second kappa shape index (κ2) is 10.8. The number of benzene rings is 2. The van der Waals surface area contributed by atoms with Gasteiger partial charge in [0.2, 0.25) is 5.95 Å². The van der Waals surface area contributed by atoms with Gasteiger partial charge in [0.15, 0.2) is 0 Å². The molecule has 0 atom stereocenters. The Balaban J connectivity index is 1.72. The van der Waals surface area contributed by atoms with Crippen LogP contribution in [0.25, 0.3) is 0 Å². The van der Waals surface area contributed by atoms with E-state index in [1.54, 1.807) is 6.92 Å². The Morgan fingerprint density at radius 3 is 2.17 bits per heavy atom. The lowest BCUT2D eigenvalue weighted by Crippen LogP contribution is -2.17. The molecule has 0 saturated heterocycles. The van der Waals surface area contributed by atoms with Crippen LogP contribution in [0.1, 0.15) is 12.5 Å². The second-order valence-corrected chi connectivity index (χ2v) is 6.39. The molecule has 2 N–H and O–H groups in total. The Morgan fingerprint density at radius 2 is 1.51 bits per heavy atom. The van der Waals surface area contributed by atoms with E-state index >= 15 is 0 Å². The molecule has 1 aromatic heterocycles. The van der Waals surface area contributed by atoms with Crippen molar-refractivity contribution in [3.05, 3.63) is 54.1 Å². The summed E-state index contributed by atoms with van der Waals surface area (Å²) in [6, 6.07) is 9.83. The molecule has 0 amide bonds. The number of aromatic nitrogens is 3. The average molecular weight is 502 g/mol. The van der Waals surface area contributed by atoms with E-state index in [2.05, 4.69) is 40.3 Å². The van der Waals surface area contributed by atoms with E-state index in [-0.39, 0.29) is 36.0 Å². The maximum Gasteiger partial charge on any atom is 0.573 e. The number of hydrogen-bond acceptors (Lipinski definition) is 9. The second-order valence-electron chi connectivity index (χ2n) is 6.39. The predicted octanol–water partition coefficient (Wildman–Crippen LogP) is 5.26. The summed E-state index contributed by atoms with van der Waals surface area (Å²) in [6.07, 6.45) is -8.37. The van der Waals surface area contributed by atoms with Gasteiger partial charge in [-0.1, -0.05) is 6.07 Å². The maximum absolute atomic E-state index is 12.5. The van der Waals surface area contributed by atoms with E-state index < -0.39 is 18.5 Å². The van der Waals surface area contributed by atoms with Gasteiger partial charge in [-0.05, 0) is 48.9 Å². The summed E-state index contributed by atoms with van der Waals surface area (Å²) in [5.74, 6) is -0.987. The van der Waals surface area contributed by atoms with Crippen molar-refractivity contribution in [1.29, 1.82) is 0 Å². The zero-order valence-corrected chi connectivity index (χ0v) is 17.7. The zero-order chi connectivity index (χ0) is 25.5. The molecule has 0 aliphatic heterocycles. The van der Waals surface area contributed by atoms with Gasteiger partial charge in [0.25, 0.3) is 5.95 Å². The highest BCUT2D eigenvalue weighted by Gasteiger charge is 2.31.